The molecule has 3 aromatic carbocycles. The monoisotopic (exact) mass is 378 g/mol. The molecular formula is C22H19FN2O3. The highest BCUT2D eigenvalue weighted by atomic mass is 19.1. The van der Waals surface area contributed by atoms with Crippen LogP contribution in [-0.4, -0.2) is 17.9 Å². The Bertz CT molecular complexity index is 959. The summed E-state index contributed by atoms with van der Waals surface area (Å²) in [5.74, 6) is -0.742. The van der Waals surface area contributed by atoms with Gasteiger partial charge in [0.2, 0.25) is 0 Å². The molecule has 0 heterocycles. The Kier molecular flexibility index (Phi) is 6.01. The lowest BCUT2D eigenvalue weighted by Gasteiger charge is -2.15. The Morgan fingerprint density at radius 3 is 2.18 bits per heavy atom. The van der Waals surface area contributed by atoms with E-state index >= 15 is 0 Å². The standard InChI is InChI=1S/C22H19FN2O3/c1-15(21(26)25-20-10-6-5-9-19(20)23)28-18-13-11-17(12-14-18)24-22(27)16-7-3-2-4-8-16/h2-15H,1H3,(H,24,27)(H,25,26)/t15-/m0/s1. The van der Waals surface area contributed by atoms with E-state index in [2.05, 4.69) is 10.6 Å². The van der Waals surface area contributed by atoms with Crippen molar-refractivity contribution in [2.45, 2.75) is 13.0 Å². The van der Waals surface area contributed by atoms with Crippen molar-refractivity contribution >= 4 is 23.2 Å². The van der Waals surface area contributed by atoms with Gasteiger partial charge in [0.1, 0.15) is 11.6 Å². The van der Waals surface area contributed by atoms with Crippen LogP contribution in [0.4, 0.5) is 15.8 Å². The highest BCUT2D eigenvalue weighted by Gasteiger charge is 2.16. The van der Waals surface area contributed by atoms with Gasteiger partial charge in [-0.1, -0.05) is 30.3 Å². The van der Waals surface area contributed by atoms with E-state index in [0.717, 1.165) is 0 Å². The third-order valence-electron chi connectivity index (χ3n) is 3.96. The average Bonchev–Trinajstić information content (AvgIpc) is 2.71. The number of benzene rings is 3. The zero-order valence-corrected chi connectivity index (χ0v) is 15.2. The number of rotatable bonds is 6. The molecule has 0 spiro atoms. The normalized spacial score (nSPS) is 11.4. The summed E-state index contributed by atoms with van der Waals surface area (Å²) in [7, 11) is 0. The summed E-state index contributed by atoms with van der Waals surface area (Å²) < 4.78 is 19.2. The van der Waals surface area contributed by atoms with E-state index in [-0.39, 0.29) is 11.6 Å². The lowest BCUT2D eigenvalue weighted by Crippen LogP contribution is -2.30. The Balaban J connectivity index is 1.57. The van der Waals surface area contributed by atoms with Gasteiger partial charge in [-0.25, -0.2) is 4.39 Å². The molecule has 0 aliphatic heterocycles. The van der Waals surface area contributed by atoms with Crippen molar-refractivity contribution in [1.29, 1.82) is 0 Å². The van der Waals surface area contributed by atoms with Crippen LogP contribution in [0, 0.1) is 5.82 Å². The predicted octanol–water partition coefficient (Wildman–Crippen LogP) is 4.48. The van der Waals surface area contributed by atoms with E-state index < -0.39 is 17.8 Å². The number of carbonyl (C=O) groups excluding carboxylic acids is 2. The van der Waals surface area contributed by atoms with Gasteiger partial charge in [-0.05, 0) is 55.5 Å². The van der Waals surface area contributed by atoms with Crippen molar-refractivity contribution < 1.29 is 18.7 Å². The molecule has 5 nitrogen and oxygen atoms in total. The molecule has 142 valence electrons. The van der Waals surface area contributed by atoms with Crippen LogP contribution in [0.2, 0.25) is 0 Å². The van der Waals surface area contributed by atoms with Gasteiger partial charge >= 0.3 is 0 Å². The van der Waals surface area contributed by atoms with Gasteiger partial charge in [0.15, 0.2) is 6.10 Å². The van der Waals surface area contributed by atoms with Crippen LogP contribution in [0.25, 0.3) is 0 Å². The molecule has 1 atom stereocenters. The first-order valence-electron chi connectivity index (χ1n) is 8.71. The lowest BCUT2D eigenvalue weighted by molar-refractivity contribution is -0.122. The van der Waals surface area contributed by atoms with Crippen molar-refractivity contribution in [3.05, 3.63) is 90.2 Å². The number of anilines is 2. The van der Waals surface area contributed by atoms with Crippen LogP contribution < -0.4 is 15.4 Å². The highest BCUT2D eigenvalue weighted by molar-refractivity contribution is 6.04. The van der Waals surface area contributed by atoms with E-state index in [9.17, 15) is 14.0 Å². The van der Waals surface area contributed by atoms with Gasteiger partial charge in [0, 0.05) is 11.3 Å². The first-order chi connectivity index (χ1) is 13.5. The first-order valence-corrected chi connectivity index (χ1v) is 8.71. The van der Waals surface area contributed by atoms with E-state index in [0.29, 0.717) is 17.0 Å². The number of hydrogen-bond acceptors (Lipinski definition) is 3. The van der Waals surface area contributed by atoms with Crippen LogP contribution >= 0.6 is 0 Å². The van der Waals surface area contributed by atoms with Crippen LogP contribution in [0.5, 0.6) is 5.75 Å². The molecule has 2 amide bonds. The lowest BCUT2D eigenvalue weighted by atomic mass is 10.2. The molecule has 0 aromatic heterocycles. The number of hydrogen-bond donors (Lipinski definition) is 2. The minimum Gasteiger partial charge on any atom is -0.481 e. The molecule has 0 saturated carbocycles. The Morgan fingerprint density at radius 2 is 1.50 bits per heavy atom. The van der Waals surface area contributed by atoms with Gasteiger partial charge in [-0.2, -0.15) is 0 Å². The minimum absolute atomic E-state index is 0.0990. The van der Waals surface area contributed by atoms with Crippen LogP contribution in [0.15, 0.2) is 78.9 Å². The Labute approximate surface area is 162 Å². The maximum atomic E-state index is 13.6. The second-order valence-electron chi connectivity index (χ2n) is 6.07. The number of para-hydroxylation sites is 1. The van der Waals surface area contributed by atoms with Crippen molar-refractivity contribution in [3.63, 3.8) is 0 Å². The number of halogens is 1. The molecule has 0 unspecified atom stereocenters. The summed E-state index contributed by atoms with van der Waals surface area (Å²) in [4.78, 5) is 24.3. The number of carbonyl (C=O) groups is 2. The summed E-state index contributed by atoms with van der Waals surface area (Å²) in [5, 5.41) is 5.27. The van der Waals surface area contributed by atoms with Crippen molar-refractivity contribution in [1.82, 2.24) is 0 Å². The fraction of sp³-hybridized carbons (Fsp3) is 0.0909. The van der Waals surface area contributed by atoms with E-state index in [1.807, 2.05) is 6.07 Å². The smallest absolute Gasteiger partial charge is 0.265 e. The number of amides is 2. The van der Waals surface area contributed by atoms with Crippen molar-refractivity contribution in [3.8, 4) is 5.75 Å². The third kappa shape index (κ3) is 4.94. The topological polar surface area (TPSA) is 67.4 Å². The van der Waals surface area contributed by atoms with Crippen molar-refractivity contribution in [2.24, 2.45) is 0 Å². The molecule has 0 aliphatic rings. The molecule has 0 radical (unpaired) electrons. The largest absolute Gasteiger partial charge is 0.481 e. The van der Waals surface area contributed by atoms with Gasteiger partial charge in [0.25, 0.3) is 11.8 Å². The maximum Gasteiger partial charge on any atom is 0.265 e. The molecule has 0 bridgehead atoms. The van der Waals surface area contributed by atoms with Crippen LogP contribution in [0.3, 0.4) is 0 Å². The summed E-state index contributed by atoms with van der Waals surface area (Å²) in [5.41, 5.74) is 1.26. The molecule has 0 aliphatic carbocycles. The number of ether oxygens (including phenoxy) is 1. The first kappa shape index (κ1) is 19.1. The second kappa shape index (κ2) is 8.81. The molecule has 6 heteroatoms. The van der Waals surface area contributed by atoms with Crippen LogP contribution in [0.1, 0.15) is 17.3 Å². The average molecular weight is 378 g/mol. The zero-order valence-electron chi connectivity index (χ0n) is 15.2. The zero-order chi connectivity index (χ0) is 19.9. The molecular weight excluding hydrogens is 359 g/mol. The third-order valence-corrected chi connectivity index (χ3v) is 3.96. The van der Waals surface area contributed by atoms with Gasteiger partial charge in [0.05, 0.1) is 5.69 Å². The minimum atomic E-state index is -0.829. The quantitative estimate of drug-likeness (QED) is 0.664. The second-order valence-corrected chi connectivity index (χ2v) is 6.07. The summed E-state index contributed by atoms with van der Waals surface area (Å²) in [6, 6.07) is 21.4. The van der Waals surface area contributed by atoms with Gasteiger partial charge < -0.3 is 15.4 Å². The molecule has 3 aromatic rings. The van der Waals surface area contributed by atoms with Crippen LogP contribution in [-0.2, 0) is 4.79 Å². The fourth-order valence-electron chi connectivity index (χ4n) is 2.46. The SMILES string of the molecule is C[C@H](Oc1ccc(NC(=O)c2ccccc2)cc1)C(=O)Nc1ccccc1F. The molecule has 28 heavy (non-hydrogen) atoms. The fourth-order valence-corrected chi connectivity index (χ4v) is 2.46. The highest BCUT2D eigenvalue weighted by Crippen LogP contribution is 2.19. The van der Waals surface area contributed by atoms with Crippen molar-refractivity contribution in [2.75, 3.05) is 10.6 Å². The predicted molar refractivity (Wildman–Crippen MR) is 106 cm³/mol. The van der Waals surface area contributed by atoms with E-state index in [4.69, 9.17) is 4.74 Å². The van der Waals surface area contributed by atoms with Gasteiger partial charge in [-0.3, -0.25) is 9.59 Å². The van der Waals surface area contributed by atoms with E-state index in [1.165, 1.54) is 12.1 Å². The van der Waals surface area contributed by atoms with E-state index in [1.54, 1.807) is 67.6 Å². The molecule has 2 N–H and O–H groups in total. The maximum absolute atomic E-state index is 13.6. The Morgan fingerprint density at radius 1 is 0.857 bits per heavy atom. The molecule has 0 fully saturated rings. The Hall–Kier alpha value is -3.67. The molecule has 0 saturated heterocycles. The number of nitrogens with one attached hydrogen (secondary N) is 2. The van der Waals surface area contributed by atoms with Gasteiger partial charge in [-0.15, -0.1) is 0 Å². The summed E-state index contributed by atoms with van der Waals surface area (Å²) in [6.45, 7) is 1.57. The summed E-state index contributed by atoms with van der Waals surface area (Å²) in [6.07, 6.45) is -0.829. The summed E-state index contributed by atoms with van der Waals surface area (Å²) >= 11 is 0. The molecule has 3 rings (SSSR count).